The van der Waals surface area contributed by atoms with Crippen LogP contribution < -0.4 is 4.74 Å². The average Bonchev–Trinajstić information content (AvgIpc) is 2.36. The second-order valence-electron chi connectivity index (χ2n) is 3.80. The summed E-state index contributed by atoms with van der Waals surface area (Å²) in [6.07, 6.45) is -4.51. The van der Waals surface area contributed by atoms with Crippen LogP contribution >= 0.6 is 0 Å². The number of hydrogen-bond acceptors (Lipinski definition) is 3. The number of amides is 1. The Balaban J connectivity index is 2.91. The Morgan fingerprint density at radius 2 is 2.11 bits per heavy atom. The highest BCUT2D eigenvalue weighted by Gasteiger charge is 2.33. The van der Waals surface area contributed by atoms with E-state index in [4.69, 9.17) is 9.84 Å². The summed E-state index contributed by atoms with van der Waals surface area (Å²) in [5, 5.41) is 8.74. The predicted octanol–water partition coefficient (Wildman–Crippen LogP) is 1.69. The van der Waals surface area contributed by atoms with Gasteiger partial charge in [0.05, 0.1) is 13.7 Å². The first-order valence-corrected chi connectivity index (χ1v) is 5.48. The van der Waals surface area contributed by atoms with Gasteiger partial charge in [-0.3, -0.25) is 4.79 Å². The van der Waals surface area contributed by atoms with E-state index in [1.54, 1.807) is 6.07 Å². The molecule has 7 heteroatoms. The molecule has 0 bridgehead atoms. The number of hydrogen-bond donors (Lipinski definition) is 1. The average molecular weight is 277 g/mol. The van der Waals surface area contributed by atoms with E-state index in [-0.39, 0.29) is 12.1 Å². The number of ether oxygens (including phenoxy) is 1. The summed E-state index contributed by atoms with van der Waals surface area (Å²) in [6.45, 7) is -2.31. The molecule has 1 N–H and O–H groups in total. The lowest BCUT2D eigenvalue weighted by Gasteiger charge is -2.23. The molecule has 0 radical (unpaired) electrons. The quantitative estimate of drug-likeness (QED) is 0.891. The zero-order valence-electron chi connectivity index (χ0n) is 10.3. The molecule has 0 saturated carbocycles. The topological polar surface area (TPSA) is 49.8 Å². The number of aliphatic hydroxyl groups is 1. The number of benzene rings is 1. The Labute approximate surface area is 108 Å². The number of aliphatic hydroxyl groups excluding tert-OH is 1. The minimum Gasteiger partial charge on any atom is -0.497 e. The minimum absolute atomic E-state index is 0.0806. The van der Waals surface area contributed by atoms with Gasteiger partial charge < -0.3 is 14.7 Å². The number of carbonyl (C=O) groups is 1. The molecule has 0 aliphatic heterocycles. The first-order chi connectivity index (χ1) is 8.87. The van der Waals surface area contributed by atoms with Crippen LogP contribution in [0.3, 0.4) is 0 Å². The van der Waals surface area contributed by atoms with Crippen molar-refractivity contribution in [3.63, 3.8) is 0 Å². The standard InChI is InChI=1S/C12H14F3NO3/c1-19-10-4-2-3-9(7-10)11(18)16(5-6-17)8-12(13,14)15/h2-4,7,17H,5-6,8H2,1H3. The molecule has 4 nitrogen and oxygen atoms in total. The van der Waals surface area contributed by atoms with Gasteiger partial charge in [0.2, 0.25) is 0 Å². The Morgan fingerprint density at radius 3 is 2.63 bits per heavy atom. The van der Waals surface area contributed by atoms with E-state index in [0.717, 1.165) is 0 Å². The molecule has 106 valence electrons. The van der Waals surface area contributed by atoms with E-state index in [0.29, 0.717) is 10.6 Å². The van der Waals surface area contributed by atoms with Gasteiger partial charge >= 0.3 is 6.18 Å². The van der Waals surface area contributed by atoms with E-state index in [2.05, 4.69) is 0 Å². The Morgan fingerprint density at radius 1 is 1.42 bits per heavy atom. The molecular weight excluding hydrogens is 263 g/mol. The number of alkyl halides is 3. The third-order valence-electron chi connectivity index (χ3n) is 2.34. The maximum atomic E-state index is 12.4. The molecule has 0 aliphatic carbocycles. The highest BCUT2D eigenvalue weighted by Crippen LogP contribution is 2.19. The summed E-state index contributed by atoms with van der Waals surface area (Å²) in [5.41, 5.74) is 0.0806. The lowest BCUT2D eigenvalue weighted by atomic mass is 10.2. The smallest absolute Gasteiger partial charge is 0.406 e. The molecule has 0 fully saturated rings. The predicted molar refractivity (Wildman–Crippen MR) is 62.0 cm³/mol. The van der Waals surface area contributed by atoms with E-state index in [1.165, 1.54) is 25.3 Å². The fraction of sp³-hybridized carbons (Fsp3) is 0.417. The normalized spacial score (nSPS) is 11.2. The first-order valence-electron chi connectivity index (χ1n) is 5.48. The molecule has 0 unspecified atom stereocenters. The summed E-state index contributed by atoms with van der Waals surface area (Å²) < 4.78 is 42.0. The van der Waals surface area contributed by atoms with Crippen LogP contribution in [0.4, 0.5) is 13.2 Å². The summed E-state index contributed by atoms with van der Waals surface area (Å²) in [4.78, 5) is 12.5. The molecule has 1 rings (SSSR count). The highest BCUT2D eigenvalue weighted by molar-refractivity contribution is 5.94. The Bertz CT molecular complexity index is 434. The fourth-order valence-electron chi connectivity index (χ4n) is 1.53. The lowest BCUT2D eigenvalue weighted by Crippen LogP contribution is -2.40. The Kier molecular flexibility index (Phi) is 5.17. The molecule has 0 aliphatic rings. The SMILES string of the molecule is COc1cccc(C(=O)N(CCO)CC(F)(F)F)c1. The van der Waals surface area contributed by atoms with Crippen LogP contribution in [0.2, 0.25) is 0 Å². The minimum atomic E-state index is -4.51. The van der Waals surface area contributed by atoms with Crippen molar-refractivity contribution in [3.8, 4) is 5.75 Å². The van der Waals surface area contributed by atoms with Gasteiger partial charge in [-0.15, -0.1) is 0 Å². The van der Waals surface area contributed by atoms with Crippen LogP contribution in [-0.2, 0) is 0 Å². The third kappa shape index (κ3) is 4.78. The van der Waals surface area contributed by atoms with Crippen molar-refractivity contribution in [2.45, 2.75) is 6.18 Å². The maximum absolute atomic E-state index is 12.4. The highest BCUT2D eigenvalue weighted by atomic mass is 19.4. The summed E-state index contributed by atoms with van der Waals surface area (Å²) in [7, 11) is 1.39. The van der Waals surface area contributed by atoms with E-state index in [1.807, 2.05) is 0 Å². The van der Waals surface area contributed by atoms with Crippen LogP contribution in [-0.4, -0.2) is 48.9 Å². The fourth-order valence-corrected chi connectivity index (χ4v) is 1.53. The van der Waals surface area contributed by atoms with Crippen molar-refractivity contribution in [3.05, 3.63) is 29.8 Å². The van der Waals surface area contributed by atoms with Crippen molar-refractivity contribution in [1.82, 2.24) is 4.90 Å². The number of halogens is 3. The van der Waals surface area contributed by atoms with Crippen LogP contribution in [0.15, 0.2) is 24.3 Å². The van der Waals surface area contributed by atoms with E-state index < -0.39 is 25.2 Å². The summed E-state index contributed by atoms with van der Waals surface area (Å²) in [6, 6.07) is 5.84. The lowest BCUT2D eigenvalue weighted by molar-refractivity contribution is -0.141. The largest absolute Gasteiger partial charge is 0.497 e. The van der Waals surface area contributed by atoms with Crippen molar-refractivity contribution in [1.29, 1.82) is 0 Å². The van der Waals surface area contributed by atoms with Gasteiger partial charge in [0.25, 0.3) is 5.91 Å². The molecule has 0 heterocycles. The molecule has 0 spiro atoms. The molecule has 0 atom stereocenters. The molecule has 0 aromatic heterocycles. The number of nitrogens with zero attached hydrogens (tertiary/aromatic N) is 1. The number of rotatable bonds is 5. The van der Waals surface area contributed by atoms with Crippen LogP contribution in [0.25, 0.3) is 0 Å². The van der Waals surface area contributed by atoms with Gasteiger partial charge in [-0.1, -0.05) is 6.07 Å². The third-order valence-corrected chi connectivity index (χ3v) is 2.34. The van der Waals surface area contributed by atoms with Crippen molar-refractivity contribution in [2.75, 3.05) is 26.8 Å². The van der Waals surface area contributed by atoms with Crippen molar-refractivity contribution < 1.29 is 27.8 Å². The molecule has 0 saturated heterocycles. The molecule has 19 heavy (non-hydrogen) atoms. The van der Waals surface area contributed by atoms with Crippen LogP contribution in [0.1, 0.15) is 10.4 Å². The van der Waals surface area contributed by atoms with Crippen molar-refractivity contribution >= 4 is 5.91 Å². The van der Waals surface area contributed by atoms with Crippen molar-refractivity contribution in [2.24, 2.45) is 0 Å². The van der Waals surface area contributed by atoms with E-state index >= 15 is 0 Å². The second kappa shape index (κ2) is 6.42. The van der Waals surface area contributed by atoms with Gasteiger partial charge in [-0.2, -0.15) is 13.2 Å². The number of methoxy groups -OCH3 is 1. The second-order valence-corrected chi connectivity index (χ2v) is 3.80. The Hall–Kier alpha value is -1.76. The zero-order chi connectivity index (χ0) is 14.5. The molecule has 1 amide bonds. The van der Waals surface area contributed by atoms with Gasteiger partial charge in [-0.05, 0) is 18.2 Å². The summed E-state index contributed by atoms with van der Waals surface area (Å²) >= 11 is 0. The summed E-state index contributed by atoms with van der Waals surface area (Å²) in [5.74, 6) is -0.424. The van der Waals surface area contributed by atoms with E-state index in [9.17, 15) is 18.0 Å². The van der Waals surface area contributed by atoms with Gasteiger partial charge in [0, 0.05) is 12.1 Å². The zero-order valence-corrected chi connectivity index (χ0v) is 10.3. The monoisotopic (exact) mass is 277 g/mol. The van der Waals surface area contributed by atoms with Gasteiger partial charge in [0.15, 0.2) is 0 Å². The maximum Gasteiger partial charge on any atom is 0.406 e. The van der Waals surface area contributed by atoms with Crippen LogP contribution in [0, 0.1) is 0 Å². The molecule has 1 aromatic carbocycles. The molecular formula is C12H14F3NO3. The molecule has 1 aromatic rings. The first kappa shape index (κ1) is 15.3. The van der Waals surface area contributed by atoms with Crippen LogP contribution in [0.5, 0.6) is 5.75 Å². The number of carbonyl (C=O) groups excluding carboxylic acids is 1. The van der Waals surface area contributed by atoms with Gasteiger partial charge in [0.1, 0.15) is 12.3 Å². The van der Waals surface area contributed by atoms with Gasteiger partial charge in [-0.25, -0.2) is 0 Å².